The van der Waals surface area contributed by atoms with Gasteiger partial charge in [0.1, 0.15) is 0 Å². The fourth-order valence-corrected chi connectivity index (χ4v) is 1.11. The summed E-state index contributed by atoms with van der Waals surface area (Å²) in [6.45, 7) is 3.96. The zero-order chi connectivity index (χ0) is 11.1. The first kappa shape index (κ1) is 12.9. The van der Waals surface area contributed by atoms with Crippen molar-refractivity contribution in [2.24, 2.45) is 11.5 Å². The third-order valence-corrected chi connectivity index (χ3v) is 2.09. The Labute approximate surface area is 84.2 Å². The number of carbonyl (C=O) groups is 2. The molecule has 0 rings (SSSR count). The summed E-state index contributed by atoms with van der Waals surface area (Å²) in [5.74, 6) is -0.866. The molecule has 0 unspecified atom stereocenters. The van der Waals surface area contributed by atoms with Crippen LogP contribution in [-0.2, 0) is 9.59 Å². The van der Waals surface area contributed by atoms with Crippen LogP contribution in [0, 0.1) is 0 Å². The fourth-order valence-electron chi connectivity index (χ4n) is 1.11. The van der Waals surface area contributed by atoms with Gasteiger partial charge >= 0.3 is 0 Å². The van der Waals surface area contributed by atoms with Gasteiger partial charge in [-0.3, -0.25) is 9.59 Å². The van der Waals surface area contributed by atoms with E-state index in [9.17, 15) is 9.59 Å². The lowest BCUT2D eigenvalue weighted by atomic mass is 10.1. The number of nitrogens with two attached hydrogens (primary N) is 2. The zero-order valence-electron chi connectivity index (χ0n) is 8.75. The highest BCUT2D eigenvalue weighted by Gasteiger charge is 2.17. The van der Waals surface area contributed by atoms with Crippen LogP contribution in [0.25, 0.3) is 0 Å². The normalized spacial score (nSPS) is 12.6. The second kappa shape index (κ2) is 6.37. The van der Waals surface area contributed by atoms with E-state index in [1.54, 1.807) is 0 Å². The number of nitrogens with one attached hydrogen (secondary N) is 1. The highest BCUT2D eigenvalue weighted by atomic mass is 16.2. The molecule has 0 bridgehead atoms. The van der Waals surface area contributed by atoms with E-state index in [1.807, 2.05) is 13.8 Å². The van der Waals surface area contributed by atoms with Crippen molar-refractivity contribution in [3.63, 3.8) is 0 Å². The van der Waals surface area contributed by atoms with Gasteiger partial charge < -0.3 is 16.8 Å². The van der Waals surface area contributed by atoms with E-state index in [1.165, 1.54) is 0 Å². The predicted octanol–water partition coefficient (Wildman–Crippen LogP) is -0.506. The van der Waals surface area contributed by atoms with Crippen LogP contribution in [0.4, 0.5) is 0 Å². The Kier molecular flexibility index (Phi) is 5.87. The number of hydrogen-bond donors (Lipinski definition) is 3. The summed E-state index contributed by atoms with van der Waals surface area (Å²) >= 11 is 0. The van der Waals surface area contributed by atoms with Crippen molar-refractivity contribution in [3.8, 4) is 0 Å². The van der Waals surface area contributed by atoms with Crippen molar-refractivity contribution >= 4 is 11.8 Å². The maximum absolute atomic E-state index is 11.4. The molecule has 0 saturated heterocycles. The molecule has 14 heavy (non-hydrogen) atoms. The first-order valence-corrected chi connectivity index (χ1v) is 4.85. The molecular formula is C9H19N3O2. The summed E-state index contributed by atoms with van der Waals surface area (Å²) in [5.41, 5.74) is 10.4. The number of hydrogen-bond acceptors (Lipinski definition) is 3. The standard InChI is InChI=1S/C9H19N3O2/c1-3-6(4-2)12-9(14)7(10)5-8(11)13/h6-7H,3-5,10H2,1-2H3,(H2,11,13)(H,12,14)/t7-/m0/s1. The number of primary amides is 1. The van der Waals surface area contributed by atoms with Gasteiger partial charge in [0.2, 0.25) is 11.8 Å². The summed E-state index contributed by atoms with van der Waals surface area (Å²) in [7, 11) is 0. The van der Waals surface area contributed by atoms with Gasteiger partial charge in [0, 0.05) is 6.04 Å². The molecule has 0 fully saturated rings. The second-order valence-electron chi connectivity index (χ2n) is 3.30. The summed E-state index contributed by atoms with van der Waals surface area (Å²) < 4.78 is 0. The number of carbonyl (C=O) groups excluding carboxylic acids is 2. The Hall–Kier alpha value is -1.10. The zero-order valence-corrected chi connectivity index (χ0v) is 8.75. The maximum atomic E-state index is 11.4. The van der Waals surface area contributed by atoms with Crippen molar-refractivity contribution in [3.05, 3.63) is 0 Å². The Morgan fingerprint density at radius 2 is 1.79 bits per heavy atom. The van der Waals surface area contributed by atoms with Gasteiger partial charge in [-0.05, 0) is 12.8 Å². The molecule has 0 aromatic heterocycles. The Bertz CT molecular complexity index is 202. The van der Waals surface area contributed by atoms with Gasteiger partial charge in [-0.1, -0.05) is 13.8 Å². The molecule has 0 heterocycles. The van der Waals surface area contributed by atoms with E-state index in [2.05, 4.69) is 5.32 Å². The molecule has 0 aromatic rings. The van der Waals surface area contributed by atoms with E-state index >= 15 is 0 Å². The number of amides is 2. The first-order chi connectivity index (χ1) is 6.51. The SMILES string of the molecule is CCC(CC)NC(=O)[C@@H](N)CC(N)=O. The minimum absolute atomic E-state index is 0.105. The lowest BCUT2D eigenvalue weighted by Gasteiger charge is -2.17. The molecule has 0 aliphatic carbocycles. The first-order valence-electron chi connectivity index (χ1n) is 4.85. The molecule has 0 aliphatic rings. The van der Waals surface area contributed by atoms with Crippen molar-refractivity contribution < 1.29 is 9.59 Å². The highest BCUT2D eigenvalue weighted by molar-refractivity contribution is 5.87. The van der Waals surface area contributed by atoms with Gasteiger partial charge in [0.15, 0.2) is 0 Å². The molecule has 0 aliphatic heterocycles. The van der Waals surface area contributed by atoms with Gasteiger partial charge in [0.25, 0.3) is 0 Å². The van der Waals surface area contributed by atoms with Gasteiger partial charge in [0.05, 0.1) is 12.5 Å². The van der Waals surface area contributed by atoms with E-state index in [0.29, 0.717) is 0 Å². The largest absolute Gasteiger partial charge is 0.370 e. The molecule has 0 aromatic carbocycles. The summed E-state index contributed by atoms with van der Waals surface area (Å²) in [6.07, 6.45) is 1.60. The molecule has 5 heteroatoms. The van der Waals surface area contributed by atoms with Gasteiger partial charge in [-0.25, -0.2) is 0 Å². The molecule has 0 radical (unpaired) electrons. The lowest BCUT2D eigenvalue weighted by molar-refractivity contribution is -0.126. The van der Waals surface area contributed by atoms with Crippen LogP contribution in [-0.4, -0.2) is 23.9 Å². The van der Waals surface area contributed by atoms with E-state index < -0.39 is 11.9 Å². The van der Waals surface area contributed by atoms with Crippen LogP contribution < -0.4 is 16.8 Å². The van der Waals surface area contributed by atoms with E-state index in [0.717, 1.165) is 12.8 Å². The summed E-state index contributed by atoms with van der Waals surface area (Å²) in [6, 6.07) is -0.700. The van der Waals surface area contributed by atoms with Crippen LogP contribution in [0.3, 0.4) is 0 Å². The molecule has 5 N–H and O–H groups in total. The minimum Gasteiger partial charge on any atom is -0.370 e. The van der Waals surface area contributed by atoms with E-state index in [-0.39, 0.29) is 18.4 Å². The molecule has 2 amide bonds. The van der Waals surface area contributed by atoms with Crippen LogP contribution in [0.15, 0.2) is 0 Å². The Balaban J connectivity index is 3.99. The fraction of sp³-hybridized carbons (Fsp3) is 0.778. The molecule has 82 valence electrons. The van der Waals surface area contributed by atoms with Crippen molar-refractivity contribution in [1.29, 1.82) is 0 Å². The average molecular weight is 201 g/mol. The molecular weight excluding hydrogens is 182 g/mol. The van der Waals surface area contributed by atoms with Crippen LogP contribution in [0.1, 0.15) is 33.1 Å². The second-order valence-corrected chi connectivity index (χ2v) is 3.30. The topological polar surface area (TPSA) is 98.2 Å². The van der Waals surface area contributed by atoms with Crippen LogP contribution >= 0.6 is 0 Å². The maximum Gasteiger partial charge on any atom is 0.237 e. The lowest BCUT2D eigenvalue weighted by Crippen LogP contribution is -2.46. The smallest absolute Gasteiger partial charge is 0.237 e. The van der Waals surface area contributed by atoms with Gasteiger partial charge in [-0.15, -0.1) is 0 Å². The van der Waals surface area contributed by atoms with Crippen molar-refractivity contribution in [2.75, 3.05) is 0 Å². The molecule has 1 atom stereocenters. The quantitative estimate of drug-likeness (QED) is 0.540. The van der Waals surface area contributed by atoms with Crippen LogP contribution in [0.5, 0.6) is 0 Å². The number of rotatable bonds is 6. The third-order valence-electron chi connectivity index (χ3n) is 2.09. The van der Waals surface area contributed by atoms with Gasteiger partial charge in [-0.2, -0.15) is 0 Å². The molecule has 0 spiro atoms. The van der Waals surface area contributed by atoms with E-state index in [4.69, 9.17) is 11.5 Å². The highest BCUT2D eigenvalue weighted by Crippen LogP contribution is 1.97. The molecule has 5 nitrogen and oxygen atoms in total. The molecule has 0 saturated carbocycles. The third kappa shape index (κ3) is 4.81. The minimum atomic E-state index is -0.826. The van der Waals surface area contributed by atoms with Crippen molar-refractivity contribution in [2.45, 2.75) is 45.2 Å². The summed E-state index contributed by atoms with van der Waals surface area (Å²) in [5, 5.41) is 2.75. The van der Waals surface area contributed by atoms with Crippen LogP contribution in [0.2, 0.25) is 0 Å². The monoisotopic (exact) mass is 201 g/mol. The Morgan fingerprint density at radius 3 is 2.14 bits per heavy atom. The predicted molar refractivity (Wildman–Crippen MR) is 54.3 cm³/mol. The average Bonchev–Trinajstić information content (AvgIpc) is 2.12. The Morgan fingerprint density at radius 1 is 1.29 bits per heavy atom. The van der Waals surface area contributed by atoms with Crippen molar-refractivity contribution in [1.82, 2.24) is 5.32 Å². The summed E-state index contributed by atoms with van der Waals surface area (Å²) in [4.78, 5) is 21.9.